The summed E-state index contributed by atoms with van der Waals surface area (Å²) in [7, 11) is 0. The van der Waals surface area contributed by atoms with Crippen LogP contribution < -0.4 is 5.32 Å². The minimum absolute atomic E-state index is 0. The second-order valence-electron chi connectivity index (χ2n) is 5.81. The van der Waals surface area contributed by atoms with Gasteiger partial charge in [-0.3, -0.25) is 4.79 Å². The molecule has 1 aliphatic rings. The molecule has 1 fully saturated rings. The Labute approximate surface area is 152 Å². The van der Waals surface area contributed by atoms with Gasteiger partial charge in [-0.1, -0.05) is 35.0 Å². The smallest absolute Gasteiger partial charge is 0.227 e. The molecule has 24 heavy (non-hydrogen) atoms. The lowest BCUT2D eigenvalue weighted by atomic mass is 10.0. The monoisotopic (exact) mass is 369 g/mol. The summed E-state index contributed by atoms with van der Waals surface area (Å²) in [4.78, 5) is 14.8. The zero-order valence-electron chi connectivity index (χ0n) is 13.7. The van der Waals surface area contributed by atoms with Crippen molar-refractivity contribution in [3.63, 3.8) is 0 Å². The van der Waals surface area contributed by atoms with Crippen LogP contribution in [0.2, 0.25) is 5.02 Å². The standard InChI is InChI=1S/C17H20ClN3O2.ClH/c1-11-14(12(2)23-20-11)9-17(22)21-8-7-19-10-16(21)13-5-3-4-6-15(13)18;/h3-6,16,19H,7-10H2,1-2H3;1H. The van der Waals surface area contributed by atoms with E-state index in [2.05, 4.69) is 10.5 Å². The number of halogens is 2. The molecule has 1 N–H and O–H groups in total. The van der Waals surface area contributed by atoms with Crippen molar-refractivity contribution in [1.82, 2.24) is 15.4 Å². The van der Waals surface area contributed by atoms with Crippen LogP contribution in [0.3, 0.4) is 0 Å². The summed E-state index contributed by atoms with van der Waals surface area (Å²) in [6.45, 7) is 5.86. The molecule has 0 saturated carbocycles. The first-order valence-electron chi connectivity index (χ1n) is 7.74. The van der Waals surface area contributed by atoms with Gasteiger partial charge in [0.2, 0.25) is 5.91 Å². The average molecular weight is 370 g/mol. The molecule has 7 heteroatoms. The molecule has 2 heterocycles. The van der Waals surface area contributed by atoms with E-state index in [1.807, 2.05) is 43.0 Å². The molecular formula is C17H21Cl2N3O2. The highest BCUT2D eigenvalue weighted by atomic mass is 35.5. The Kier molecular flexibility index (Phi) is 6.27. The van der Waals surface area contributed by atoms with Gasteiger partial charge in [0.05, 0.1) is 18.2 Å². The first-order valence-corrected chi connectivity index (χ1v) is 8.12. The van der Waals surface area contributed by atoms with Crippen LogP contribution in [0.5, 0.6) is 0 Å². The van der Waals surface area contributed by atoms with Gasteiger partial charge >= 0.3 is 0 Å². The number of piperazine rings is 1. The summed E-state index contributed by atoms with van der Waals surface area (Å²) in [5, 5.41) is 7.96. The summed E-state index contributed by atoms with van der Waals surface area (Å²) in [5.41, 5.74) is 2.64. The van der Waals surface area contributed by atoms with Gasteiger partial charge < -0.3 is 14.7 Å². The zero-order valence-corrected chi connectivity index (χ0v) is 15.3. The first kappa shape index (κ1) is 18.8. The SMILES string of the molecule is Cc1noc(C)c1CC(=O)N1CCNCC1c1ccccc1Cl.Cl. The van der Waals surface area contributed by atoms with Gasteiger partial charge in [0.25, 0.3) is 0 Å². The maximum Gasteiger partial charge on any atom is 0.227 e. The van der Waals surface area contributed by atoms with E-state index in [4.69, 9.17) is 16.1 Å². The molecule has 1 aromatic heterocycles. The van der Waals surface area contributed by atoms with Crippen molar-refractivity contribution in [3.8, 4) is 0 Å². The largest absolute Gasteiger partial charge is 0.361 e. The summed E-state index contributed by atoms with van der Waals surface area (Å²) in [5.74, 6) is 0.783. The van der Waals surface area contributed by atoms with Crippen molar-refractivity contribution >= 4 is 29.9 Å². The Morgan fingerprint density at radius 3 is 2.83 bits per heavy atom. The van der Waals surface area contributed by atoms with Crippen molar-refractivity contribution in [3.05, 3.63) is 51.9 Å². The first-order chi connectivity index (χ1) is 11.1. The Bertz CT molecular complexity index is 698. The molecule has 0 spiro atoms. The minimum Gasteiger partial charge on any atom is -0.361 e. The Balaban J connectivity index is 0.00000208. The number of nitrogens with zero attached hydrogens (tertiary/aromatic N) is 2. The molecule has 3 rings (SSSR count). The van der Waals surface area contributed by atoms with Crippen LogP contribution in [0.1, 0.15) is 28.6 Å². The fourth-order valence-corrected chi connectivity index (χ4v) is 3.29. The molecule has 130 valence electrons. The molecule has 0 aliphatic carbocycles. The molecule has 5 nitrogen and oxygen atoms in total. The van der Waals surface area contributed by atoms with Crippen LogP contribution in [-0.4, -0.2) is 35.6 Å². The van der Waals surface area contributed by atoms with Crippen LogP contribution in [-0.2, 0) is 11.2 Å². The highest BCUT2D eigenvalue weighted by molar-refractivity contribution is 6.31. The van der Waals surface area contributed by atoms with Crippen LogP contribution in [0.25, 0.3) is 0 Å². The van der Waals surface area contributed by atoms with Gasteiger partial charge in [-0.05, 0) is 25.5 Å². The highest BCUT2D eigenvalue weighted by Crippen LogP contribution is 2.29. The molecule has 1 saturated heterocycles. The Morgan fingerprint density at radius 1 is 1.42 bits per heavy atom. The fraction of sp³-hybridized carbons (Fsp3) is 0.412. The van der Waals surface area contributed by atoms with Crippen LogP contribution in [0.4, 0.5) is 0 Å². The molecule has 1 atom stereocenters. The summed E-state index contributed by atoms with van der Waals surface area (Å²) in [6, 6.07) is 7.65. The van der Waals surface area contributed by atoms with E-state index in [1.54, 1.807) is 0 Å². The molecule has 0 radical (unpaired) electrons. The molecule has 1 unspecified atom stereocenters. The fourth-order valence-electron chi connectivity index (χ4n) is 3.03. The number of benzene rings is 1. The van der Waals surface area contributed by atoms with Gasteiger partial charge in [0.1, 0.15) is 5.76 Å². The van der Waals surface area contributed by atoms with E-state index in [9.17, 15) is 4.79 Å². The second-order valence-corrected chi connectivity index (χ2v) is 6.22. The number of aromatic nitrogens is 1. The zero-order chi connectivity index (χ0) is 16.4. The lowest BCUT2D eigenvalue weighted by Gasteiger charge is -2.37. The van der Waals surface area contributed by atoms with Gasteiger partial charge in [-0.15, -0.1) is 12.4 Å². The average Bonchev–Trinajstić information content (AvgIpc) is 2.87. The maximum atomic E-state index is 12.9. The van der Waals surface area contributed by atoms with E-state index in [1.165, 1.54) is 0 Å². The van der Waals surface area contributed by atoms with E-state index in [-0.39, 0.29) is 24.4 Å². The summed E-state index contributed by atoms with van der Waals surface area (Å²) in [6.07, 6.45) is 0.308. The predicted molar refractivity (Wildman–Crippen MR) is 95.7 cm³/mol. The van der Waals surface area contributed by atoms with E-state index < -0.39 is 0 Å². The lowest BCUT2D eigenvalue weighted by molar-refractivity contribution is -0.133. The Hall–Kier alpha value is -1.56. The number of hydrogen-bond donors (Lipinski definition) is 1. The quantitative estimate of drug-likeness (QED) is 0.902. The van der Waals surface area contributed by atoms with Gasteiger partial charge in [0.15, 0.2) is 0 Å². The van der Waals surface area contributed by atoms with Gasteiger partial charge in [0, 0.05) is 30.2 Å². The van der Waals surface area contributed by atoms with Crippen LogP contribution >= 0.6 is 24.0 Å². The van der Waals surface area contributed by atoms with E-state index >= 15 is 0 Å². The third-order valence-electron chi connectivity index (χ3n) is 4.34. The number of amides is 1. The van der Waals surface area contributed by atoms with Gasteiger partial charge in [-0.25, -0.2) is 0 Å². The third-order valence-corrected chi connectivity index (χ3v) is 4.68. The number of aryl methyl sites for hydroxylation is 2. The number of carbonyl (C=O) groups is 1. The number of nitrogens with one attached hydrogen (secondary N) is 1. The minimum atomic E-state index is -0.0505. The lowest BCUT2D eigenvalue weighted by Crippen LogP contribution is -2.49. The van der Waals surface area contributed by atoms with Crippen LogP contribution in [0.15, 0.2) is 28.8 Å². The van der Waals surface area contributed by atoms with Crippen molar-refractivity contribution in [2.24, 2.45) is 0 Å². The number of carbonyl (C=O) groups excluding carboxylic acids is 1. The number of hydrogen-bond acceptors (Lipinski definition) is 4. The van der Waals surface area contributed by atoms with E-state index in [0.717, 1.165) is 23.4 Å². The van der Waals surface area contributed by atoms with Crippen molar-refractivity contribution in [2.75, 3.05) is 19.6 Å². The molecule has 0 bridgehead atoms. The topological polar surface area (TPSA) is 58.4 Å². The summed E-state index contributed by atoms with van der Waals surface area (Å²) >= 11 is 6.33. The number of rotatable bonds is 3. The molecule has 2 aromatic rings. The maximum absolute atomic E-state index is 12.9. The third kappa shape index (κ3) is 3.74. The van der Waals surface area contributed by atoms with E-state index in [0.29, 0.717) is 30.3 Å². The van der Waals surface area contributed by atoms with Crippen molar-refractivity contribution in [2.45, 2.75) is 26.3 Å². The summed E-state index contributed by atoms with van der Waals surface area (Å²) < 4.78 is 5.16. The highest BCUT2D eigenvalue weighted by Gasteiger charge is 2.30. The van der Waals surface area contributed by atoms with Crippen molar-refractivity contribution < 1.29 is 9.32 Å². The normalized spacial score (nSPS) is 17.5. The molecule has 1 aliphatic heterocycles. The van der Waals surface area contributed by atoms with Crippen LogP contribution in [0, 0.1) is 13.8 Å². The molecule has 1 amide bonds. The molecule has 1 aromatic carbocycles. The van der Waals surface area contributed by atoms with Crippen molar-refractivity contribution in [1.29, 1.82) is 0 Å². The Morgan fingerprint density at radius 2 is 2.17 bits per heavy atom. The van der Waals surface area contributed by atoms with Gasteiger partial charge in [-0.2, -0.15) is 0 Å². The second kappa shape index (κ2) is 8.01. The molecular weight excluding hydrogens is 349 g/mol. The predicted octanol–water partition coefficient (Wildman–Crippen LogP) is 3.08.